The van der Waals surface area contributed by atoms with Gasteiger partial charge in [0, 0.05) is 11.1 Å². The summed E-state index contributed by atoms with van der Waals surface area (Å²) in [7, 11) is -1.51. The molecule has 2 aliphatic rings. The van der Waals surface area contributed by atoms with Gasteiger partial charge < -0.3 is 0 Å². The van der Waals surface area contributed by atoms with E-state index in [1.54, 1.807) is 11.1 Å². The molecule has 2 atom stereocenters. The van der Waals surface area contributed by atoms with E-state index in [0.717, 1.165) is 0 Å². The number of hydrogen-bond donors (Lipinski definition) is 0. The summed E-state index contributed by atoms with van der Waals surface area (Å²) in [5.74, 6) is 0. The molecular formula is C18H26Si. The van der Waals surface area contributed by atoms with Crippen molar-refractivity contribution in [1.29, 1.82) is 0 Å². The largest absolute Gasteiger partial charge is 0.0722 e. The van der Waals surface area contributed by atoms with Crippen molar-refractivity contribution >= 4 is 8.07 Å². The van der Waals surface area contributed by atoms with Crippen molar-refractivity contribution in [2.45, 2.75) is 65.7 Å². The fraction of sp³-hybridized carbons (Fsp3) is 0.556. The van der Waals surface area contributed by atoms with E-state index in [9.17, 15) is 0 Å². The lowest BCUT2D eigenvalue weighted by Gasteiger charge is -2.35. The zero-order chi connectivity index (χ0) is 14.5. The summed E-state index contributed by atoms with van der Waals surface area (Å²) in [5.41, 5.74) is 9.85. The second-order valence-electron chi connectivity index (χ2n) is 6.84. The van der Waals surface area contributed by atoms with E-state index in [-0.39, 0.29) is 0 Å². The summed E-state index contributed by atoms with van der Waals surface area (Å²) in [4.78, 5) is 0. The SMILES string of the molecule is CC1=[C]C([Si](C)(C)C2[C]=C(C)C(C)=C2C)C(C)=C1C. The Bertz CT molecular complexity index is 490. The molecule has 0 bridgehead atoms. The monoisotopic (exact) mass is 270 g/mol. The van der Waals surface area contributed by atoms with Gasteiger partial charge in [-0.3, -0.25) is 0 Å². The Morgan fingerprint density at radius 3 is 1.21 bits per heavy atom. The van der Waals surface area contributed by atoms with Gasteiger partial charge in [0.05, 0.1) is 8.07 Å². The van der Waals surface area contributed by atoms with Crippen LogP contribution < -0.4 is 0 Å². The van der Waals surface area contributed by atoms with Crippen molar-refractivity contribution in [3.8, 4) is 0 Å². The third-order valence-corrected chi connectivity index (χ3v) is 9.51. The Morgan fingerprint density at radius 1 is 0.684 bits per heavy atom. The fourth-order valence-electron chi connectivity index (χ4n) is 3.55. The predicted molar refractivity (Wildman–Crippen MR) is 86.6 cm³/mol. The topological polar surface area (TPSA) is 0 Å². The molecule has 2 rings (SSSR count). The number of rotatable bonds is 2. The third kappa shape index (κ3) is 2.12. The van der Waals surface area contributed by atoms with Crippen LogP contribution in [0.4, 0.5) is 0 Å². The first-order chi connectivity index (χ1) is 8.67. The van der Waals surface area contributed by atoms with Crippen LogP contribution >= 0.6 is 0 Å². The van der Waals surface area contributed by atoms with Crippen molar-refractivity contribution in [3.63, 3.8) is 0 Å². The molecule has 0 aromatic carbocycles. The van der Waals surface area contributed by atoms with Crippen molar-refractivity contribution in [1.82, 2.24) is 0 Å². The summed E-state index contributed by atoms with van der Waals surface area (Å²) in [5, 5.41) is 0. The minimum absolute atomic E-state index is 0.554. The Balaban J connectivity index is 2.42. The molecule has 0 N–H and O–H groups in total. The molecule has 0 amide bonds. The highest BCUT2D eigenvalue weighted by molar-refractivity contribution is 6.82. The van der Waals surface area contributed by atoms with Crippen LogP contribution in [0.25, 0.3) is 0 Å². The zero-order valence-electron chi connectivity index (χ0n) is 13.7. The summed E-state index contributed by atoms with van der Waals surface area (Å²) < 4.78 is 0. The first-order valence-electron chi connectivity index (χ1n) is 7.23. The van der Waals surface area contributed by atoms with E-state index >= 15 is 0 Å². The van der Waals surface area contributed by atoms with Crippen LogP contribution in [0.15, 0.2) is 33.4 Å². The van der Waals surface area contributed by atoms with E-state index in [1.165, 1.54) is 22.3 Å². The molecule has 0 spiro atoms. The maximum Gasteiger partial charge on any atom is 0.0722 e. The highest BCUT2D eigenvalue weighted by Crippen LogP contribution is 2.50. The molecule has 0 saturated carbocycles. The summed E-state index contributed by atoms with van der Waals surface area (Å²) in [6, 6.07) is 0. The molecule has 0 nitrogen and oxygen atoms in total. The van der Waals surface area contributed by atoms with Crippen molar-refractivity contribution in [2.24, 2.45) is 0 Å². The molecule has 0 aliphatic heterocycles. The van der Waals surface area contributed by atoms with E-state index in [0.29, 0.717) is 11.1 Å². The summed E-state index contributed by atoms with van der Waals surface area (Å²) in [6.45, 7) is 18.5. The van der Waals surface area contributed by atoms with E-state index in [2.05, 4.69) is 66.8 Å². The van der Waals surface area contributed by atoms with Gasteiger partial charge in [0.2, 0.25) is 0 Å². The van der Waals surface area contributed by atoms with Crippen LogP contribution in [0, 0.1) is 12.2 Å². The molecular weight excluding hydrogens is 244 g/mol. The molecule has 2 aliphatic carbocycles. The summed E-state index contributed by atoms with van der Waals surface area (Å²) in [6.07, 6.45) is 7.51. The minimum atomic E-state index is -1.51. The Kier molecular flexibility index (Phi) is 3.55. The summed E-state index contributed by atoms with van der Waals surface area (Å²) >= 11 is 0. The minimum Gasteiger partial charge on any atom is -0.0679 e. The van der Waals surface area contributed by atoms with Gasteiger partial charge in [0.15, 0.2) is 0 Å². The Morgan fingerprint density at radius 2 is 1.00 bits per heavy atom. The molecule has 0 aromatic heterocycles. The normalized spacial score (nSPS) is 28.2. The molecule has 0 fully saturated rings. The van der Waals surface area contributed by atoms with Gasteiger partial charge >= 0.3 is 0 Å². The maximum absolute atomic E-state index is 3.75. The van der Waals surface area contributed by atoms with Gasteiger partial charge in [0.25, 0.3) is 0 Å². The average molecular weight is 270 g/mol. The van der Waals surface area contributed by atoms with Crippen LogP contribution in [0.5, 0.6) is 0 Å². The molecule has 2 unspecified atom stereocenters. The van der Waals surface area contributed by atoms with Crippen molar-refractivity contribution < 1.29 is 0 Å². The van der Waals surface area contributed by atoms with Gasteiger partial charge in [-0.1, -0.05) is 24.2 Å². The number of hydrogen-bond acceptors (Lipinski definition) is 0. The van der Waals surface area contributed by atoms with Gasteiger partial charge in [-0.15, -0.1) is 0 Å². The molecule has 2 radical (unpaired) electrons. The highest BCUT2D eigenvalue weighted by atomic mass is 28.3. The van der Waals surface area contributed by atoms with E-state index < -0.39 is 8.07 Å². The van der Waals surface area contributed by atoms with Gasteiger partial charge in [-0.25, -0.2) is 0 Å². The third-order valence-electron chi connectivity index (χ3n) is 5.38. The lowest BCUT2D eigenvalue weighted by molar-refractivity contribution is 1.02. The van der Waals surface area contributed by atoms with Gasteiger partial charge in [0.1, 0.15) is 0 Å². The molecule has 0 heterocycles. The smallest absolute Gasteiger partial charge is 0.0679 e. The quantitative estimate of drug-likeness (QED) is 0.570. The average Bonchev–Trinajstić information content (AvgIpc) is 2.75. The fourth-order valence-corrected chi connectivity index (χ4v) is 7.72. The molecule has 1 heteroatoms. The molecule has 19 heavy (non-hydrogen) atoms. The van der Waals surface area contributed by atoms with Crippen LogP contribution in [-0.2, 0) is 0 Å². The van der Waals surface area contributed by atoms with Crippen molar-refractivity contribution in [3.05, 3.63) is 45.6 Å². The Labute approximate surface area is 120 Å². The molecule has 0 saturated heterocycles. The van der Waals surface area contributed by atoms with Crippen molar-refractivity contribution in [2.75, 3.05) is 0 Å². The van der Waals surface area contributed by atoms with Gasteiger partial charge in [-0.05, 0) is 76.0 Å². The Hall–Kier alpha value is -0.823. The highest BCUT2D eigenvalue weighted by Gasteiger charge is 2.43. The van der Waals surface area contributed by atoms with Crippen LogP contribution in [0.2, 0.25) is 24.2 Å². The number of allylic oxidation sites excluding steroid dienone is 8. The first kappa shape index (κ1) is 14.6. The zero-order valence-corrected chi connectivity index (χ0v) is 14.7. The molecule has 0 aromatic rings. The second-order valence-corrected chi connectivity index (χ2v) is 11.6. The van der Waals surface area contributed by atoms with Crippen LogP contribution in [0.1, 0.15) is 41.5 Å². The predicted octanol–water partition coefficient (Wildman–Crippen LogP) is 5.63. The van der Waals surface area contributed by atoms with Gasteiger partial charge in [-0.2, -0.15) is 0 Å². The lowest BCUT2D eigenvalue weighted by atomic mass is 10.1. The lowest BCUT2D eigenvalue weighted by Crippen LogP contribution is -2.37. The molecule has 102 valence electrons. The first-order valence-corrected chi connectivity index (χ1v) is 10.4. The second kappa shape index (κ2) is 4.62. The van der Waals surface area contributed by atoms with Crippen LogP contribution in [-0.4, -0.2) is 8.07 Å². The maximum atomic E-state index is 3.75. The van der Waals surface area contributed by atoms with E-state index in [1.807, 2.05) is 0 Å². The standard InChI is InChI=1S/C18H26Si/c1-11-9-17(15(5)13(11)3)19(7,8)18-10-12(2)14(4)16(18)6/h17-18H,1-8H3. The van der Waals surface area contributed by atoms with E-state index in [4.69, 9.17) is 0 Å². The van der Waals surface area contributed by atoms with Crippen LogP contribution in [0.3, 0.4) is 0 Å².